The van der Waals surface area contributed by atoms with Crippen molar-refractivity contribution in [2.45, 2.75) is 33.6 Å². The number of halogens is 1. The maximum atomic E-state index is 13.2. The molecule has 2 heteroatoms. The van der Waals surface area contributed by atoms with Crippen LogP contribution in [0.3, 0.4) is 0 Å². The molecule has 0 spiro atoms. The van der Waals surface area contributed by atoms with Gasteiger partial charge in [0, 0.05) is 0 Å². The summed E-state index contributed by atoms with van der Waals surface area (Å²) in [4.78, 5) is 0. The number of aryl methyl sites for hydroxylation is 1. The zero-order valence-corrected chi connectivity index (χ0v) is 9.72. The molecule has 0 fully saturated rings. The van der Waals surface area contributed by atoms with Crippen LogP contribution in [0.2, 0.25) is 0 Å². The van der Waals surface area contributed by atoms with Gasteiger partial charge < -0.3 is 4.74 Å². The van der Waals surface area contributed by atoms with Gasteiger partial charge in [-0.15, -0.1) is 0 Å². The van der Waals surface area contributed by atoms with E-state index in [9.17, 15) is 4.39 Å². The minimum atomic E-state index is -0.273. The molecule has 0 unspecified atom stereocenters. The van der Waals surface area contributed by atoms with E-state index in [1.54, 1.807) is 12.1 Å². The van der Waals surface area contributed by atoms with Gasteiger partial charge in [-0.05, 0) is 43.4 Å². The Balaban J connectivity index is 2.40. The van der Waals surface area contributed by atoms with Crippen LogP contribution in [0.1, 0.15) is 32.3 Å². The lowest BCUT2D eigenvalue weighted by Crippen LogP contribution is -2.01. The average molecular weight is 210 g/mol. The van der Waals surface area contributed by atoms with Crippen molar-refractivity contribution in [3.05, 3.63) is 29.6 Å². The molecule has 0 aromatic heterocycles. The van der Waals surface area contributed by atoms with E-state index in [4.69, 9.17) is 4.74 Å². The summed E-state index contributed by atoms with van der Waals surface area (Å²) < 4.78 is 18.6. The second-order valence-corrected chi connectivity index (χ2v) is 4.32. The van der Waals surface area contributed by atoms with E-state index < -0.39 is 0 Å². The van der Waals surface area contributed by atoms with Gasteiger partial charge in [-0.3, -0.25) is 0 Å². The normalized spacial score (nSPS) is 10.7. The van der Waals surface area contributed by atoms with E-state index in [0.717, 1.165) is 18.4 Å². The highest BCUT2D eigenvalue weighted by Crippen LogP contribution is 2.18. The van der Waals surface area contributed by atoms with Crippen LogP contribution in [-0.4, -0.2) is 6.61 Å². The molecule has 1 rings (SSSR count). The molecule has 0 saturated heterocycles. The topological polar surface area (TPSA) is 9.23 Å². The molecule has 0 N–H and O–H groups in total. The fourth-order valence-electron chi connectivity index (χ4n) is 1.39. The molecule has 84 valence electrons. The van der Waals surface area contributed by atoms with Crippen molar-refractivity contribution in [3.8, 4) is 5.75 Å². The molecule has 0 aliphatic carbocycles. The Morgan fingerprint density at radius 2 is 2.07 bits per heavy atom. The van der Waals surface area contributed by atoms with Gasteiger partial charge in [0.05, 0.1) is 6.61 Å². The number of rotatable bonds is 5. The number of benzene rings is 1. The first-order chi connectivity index (χ1) is 7.09. The summed E-state index contributed by atoms with van der Waals surface area (Å²) in [7, 11) is 0. The number of hydrogen-bond acceptors (Lipinski definition) is 1. The van der Waals surface area contributed by atoms with Crippen molar-refractivity contribution < 1.29 is 9.13 Å². The van der Waals surface area contributed by atoms with Crippen molar-refractivity contribution in [1.82, 2.24) is 0 Å². The van der Waals surface area contributed by atoms with Crippen LogP contribution in [0.4, 0.5) is 4.39 Å². The molecule has 0 heterocycles. The van der Waals surface area contributed by atoms with Crippen molar-refractivity contribution >= 4 is 0 Å². The fourth-order valence-corrected chi connectivity index (χ4v) is 1.39. The smallest absolute Gasteiger partial charge is 0.165 e. The molecule has 0 bridgehead atoms. The van der Waals surface area contributed by atoms with Crippen LogP contribution in [0.25, 0.3) is 0 Å². The van der Waals surface area contributed by atoms with E-state index in [1.807, 2.05) is 6.92 Å². The van der Waals surface area contributed by atoms with Crippen LogP contribution in [0.5, 0.6) is 5.75 Å². The highest BCUT2D eigenvalue weighted by molar-refractivity contribution is 5.29. The van der Waals surface area contributed by atoms with Gasteiger partial charge in [0.1, 0.15) is 0 Å². The largest absolute Gasteiger partial charge is 0.491 e. The van der Waals surface area contributed by atoms with Crippen LogP contribution < -0.4 is 4.74 Å². The average Bonchev–Trinajstić information content (AvgIpc) is 2.17. The van der Waals surface area contributed by atoms with Crippen LogP contribution in [0, 0.1) is 18.7 Å². The lowest BCUT2D eigenvalue weighted by Gasteiger charge is -2.08. The predicted octanol–water partition coefficient (Wildman–Crippen LogP) is 3.95. The Bertz CT molecular complexity index is 307. The second kappa shape index (κ2) is 5.74. The second-order valence-electron chi connectivity index (χ2n) is 4.32. The van der Waals surface area contributed by atoms with E-state index >= 15 is 0 Å². The summed E-state index contributed by atoms with van der Waals surface area (Å²) in [6.45, 7) is 6.87. The standard InChI is InChI=1S/C13H19FO/c1-10(2)5-4-8-15-13-9-11(3)6-7-12(13)14/h6-7,9-10H,4-5,8H2,1-3H3. The van der Waals surface area contributed by atoms with E-state index in [1.165, 1.54) is 6.07 Å². The highest BCUT2D eigenvalue weighted by atomic mass is 19.1. The molecule has 0 atom stereocenters. The van der Waals surface area contributed by atoms with Crippen molar-refractivity contribution in [2.75, 3.05) is 6.61 Å². The summed E-state index contributed by atoms with van der Waals surface area (Å²) in [6.07, 6.45) is 2.10. The predicted molar refractivity (Wildman–Crippen MR) is 60.7 cm³/mol. The first kappa shape index (κ1) is 12.0. The zero-order valence-electron chi connectivity index (χ0n) is 9.72. The van der Waals surface area contributed by atoms with E-state index in [-0.39, 0.29) is 5.82 Å². The Morgan fingerprint density at radius 1 is 1.33 bits per heavy atom. The van der Waals surface area contributed by atoms with Gasteiger partial charge in [-0.25, -0.2) is 4.39 Å². The molecule has 0 radical (unpaired) electrons. The van der Waals surface area contributed by atoms with Gasteiger partial charge in [0.15, 0.2) is 11.6 Å². The molecule has 1 aromatic rings. The third-order valence-corrected chi connectivity index (χ3v) is 2.27. The third kappa shape index (κ3) is 4.32. The van der Waals surface area contributed by atoms with Crippen molar-refractivity contribution in [3.63, 3.8) is 0 Å². The molecule has 0 amide bonds. The van der Waals surface area contributed by atoms with Gasteiger partial charge in [-0.2, -0.15) is 0 Å². The lowest BCUT2D eigenvalue weighted by atomic mass is 10.1. The van der Waals surface area contributed by atoms with E-state index in [2.05, 4.69) is 13.8 Å². The van der Waals surface area contributed by atoms with Crippen LogP contribution >= 0.6 is 0 Å². The Kier molecular flexibility index (Phi) is 4.60. The quantitative estimate of drug-likeness (QED) is 0.669. The van der Waals surface area contributed by atoms with Gasteiger partial charge in [0.25, 0.3) is 0 Å². The summed E-state index contributed by atoms with van der Waals surface area (Å²) in [5, 5.41) is 0. The first-order valence-corrected chi connectivity index (χ1v) is 5.48. The molecule has 0 saturated carbocycles. The molecule has 0 aliphatic heterocycles. The summed E-state index contributed by atoms with van der Waals surface area (Å²) in [6, 6.07) is 4.94. The molecule has 15 heavy (non-hydrogen) atoms. The van der Waals surface area contributed by atoms with Gasteiger partial charge in [-0.1, -0.05) is 19.9 Å². The summed E-state index contributed by atoms with van der Waals surface area (Å²) in [5.74, 6) is 0.778. The number of hydrogen-bond donors (Lipinski definition) is 0. The molecular formula is C13H19FO. The molecule has 1 aromatic carbocycles. The molecule has 1 nitrogen and oxygen atoms in total. The number of ether oxygens (including phenoxy) is 1. The van der Waals surface area contributed by atoms with Gasteiger partial charge >= 0.3 is 0 Å². The summed E-state index contributed by atoms with van der Waals surface area (Å²) in [5.41, 5.74) is 1.02. The monoisotopic (exact) mass is 210 g/mol. The minimum Gasteiger partial charge on any atom is -0.491 e. The molecule has 0 aliphatic rings. The lowest BCUT2D eigenvalue weighted by molar-refractivity contribution is 0.284. The van der Waals surface area contributed by atoms with Crippen molar-refractivity contribution in [2.24, 2.45) is 5.92 Å². The van der Waals surface area contributed by atoms with Gasteiger partial charge in [0.2, 0.25) is 0 Å². The zero-order chi connectivity index (χ0) is 11.3. The third-order valence-electron chi connectivity index (χ3n) is 2.27. The maximum absolute atomic E-state index is 13.2. The van der Waals surface area contributed by atoms with E-state index in [0.29, 0.717) is 18.3 Å². The van der Waals surface area contributed by atoms with Crippen molar-refractivity contribution in [1.29, 1.82) is 0 Å². The molecular weight excluding hydrogens is 191 g/mol. The fraction of sp³-hybridized carbons (Fsp3) is 0.538. The first-order valence-electron chi connectivity index (χ1n) is 5.48. The minimum absolute atomic E-state index is 0.273. The van der Waals surface area contributed by atoms with Crippen LogP contribution in [-0.2, 0) is 0 Å². The Hall–Kier alpha value is -1.05. The summed E-state index contributed by atoms with van der Waals surface area (Å²) >= 11 is 0. The highest BCUT2D eigenvalue weighted by Gasteiger charge is 2.03. The Labute approximate surface area is 91.3 Å². The SMILES string of the molecule is Cc1ccc(F)c(OCCCC(C)C)c1. The Morgan fingerprint density at radius 3 is 2.73 bits per heavy atom. The maximum Gasteiger partial charge on any atom is 0.165 e. The van der Waals surface area contributed by atoms with Crippen LogP contribution in [0.15, 0.2) is 18.2 Å².